The number of hydrogen-bond donors (Lipinski definition) is 1. The van der Waals surface area contributed by atoms with Gasteiger partial charge in [-0.15, -0.1) is 5.10 Å². The van der Waals surface area contributed by atoms with Gasteiger partial charge in [-0.2, -0.15) is 0 Å². The topological polar surface area (TPSA) is 90.7 Å². The minimum absolute atomic E-state index is 0.198. The maximum Gasteiger partial charge on any atom is 0.325 e. The van der Waals surface area contributed by atoms with E-state index in [0.717, 1.165) is 28.4 Å². The van der Waals surface area contributed by atoms with Crippen molar-refractivity contribution in [1.29, 1.82) is 0 Å². The number of ether oxygens (including phenoxy) is 2. The molecule has 122 valence electrons. The lowest BCUT2D eigenvalue weighted by atomic mass is 9.91. The summed E-state index contributed by atoms with van der Waals surface area (Å²) in [5, 5.41) is 13.9. The molecule has 1 aliphatic carbocycles. The lowest BCUT2D eigenvalue weighted by molar-refractivity contribution is -0.213. The van der Waals surface area contributed by atoms with Crippen LogP contribution in [0.5, 0.6) is 5.88 Å². The van der Waals surface area contributed by atoms with Crippen LogP contribution in [0.15, 0.2) is 27.5 Å². The number of halogens is 1. The third-order valence-electron chi connectivity index (χ3n) is 3.94. The molecule has 0 aliphatic heterocycles. The highest BCUT2D eigenvalue weighted by Gasteiger charge is 2.40. The Morgan fingerprint density at radius 3 is 2.74 bits per heavy atom. The summed E-state index contributed by atoms with van der Waals surface area (Å²) in [7, 11) is 1.56. The quantitative estimate of drug-likeness (QED) is 0.796. The molecule has 1 heterocycles. The lowest BCUT2D eigenvalue weighted by Crippen LogP contribution is -2.45. The molecule has 8 heteroatoms. The number of methoxy groups -OCH3 is 1. The molecule has 0 bridgehead atoms. The maximum atomic E-state index is 12.4. The molecular weight excluding hydrogens is 368 g/mol. The first-order chi connectivity index (χ1) is 10.9. The fourth-order valence-corrected chi connectivity index (χ4v) is 2.89. The third-order valence-corrected chi connectivity index (χ3v) is 4.44. The van der Waals surface area contributed by atoms with Crippen molar-refractivity contribution in [3.05, 3.63) is 33.0 Å². The zero-order valence-corrected chi connectivity index (χ0v) is 14.0. The summed E-state index contributed by atoms with van der Waals surface area (Å²) in [4.78, 5) is 23.3. The van der Waals surface area contributed by atoms with Crippen LogP contribution in [0.2, 0.25) is 0 Å². The SMILES string of the molecule is COC1(Oc2nn(CC(=O)O)c(=O)c3ccc(Br)cc23)CCC1. The fraction of sp³-hybridized carbons (Fsp3) is 0.400. The second kappa shape index (κ2) is 5.93. The number of carbonyl (C=O) groups is 1. The summed E-state index contributed by atoms with van der Waals surface area (Å²) in [6.45, 7) is -0.527. The average molecular weight is 383 g/mol. The van der Waals surface area contributed by atoms with Crippen LogP contribution in [0, 0.1) is 0 Å². The van der Waals surface area contributed by atoms with Crippen molar-refractivity contribution >= 4 is 32.7 Å². The Kier molecular flexibility index (Phi) is 4.11. The van der Waals surface area contributed by atoms with E-state index >= 15 is 0 Å². The van der Waals surface area contributed by atoms with Gasteiger partial charge in [0.2, 0.25) is 11.7 Å². The molecule has 23 heavy (non-hydrogen) atoms. The number of fused-ring (bicyclic) bond motifs is 1. The number of nitrogens with zero attached hydrogens (tertiary/aromatic N) is 2. The maximum absolute atomic E-state index is 12.4. The Labute approximate surface area is 139 Å². The Morgan fingerprint density at radius 1 is 1.43 bits per heavy atom. The lowest BCUT2D eigenvalue weighted by Gasteiger charge is -2.39. The van der Waals surface area contributed by atoms with Gasteiger partial charge in [-0.1, -0.05) is 15.9 Å². The monoisotopic (exact) mass is 382 g/mol. The summed E-state index contributed by atoms with van der Waals surface area (Å²) >= 11 is 3.36. The number of carboxylic acid groups (broad SMARTS) is 1. The van der Waals surface area contributed by atoms with Gasteiger partial charge in [0.1, 0.15) is 6.54 Å². The van der Waals surface area contributed by atoms with Crippen molar-refractivity contribution in [3.63, 3.8) is 0 Å². The van der Waals surface area contributed by atoms with Crippen molar-refractivity contribution < 1.29 is 19.4 Å². The van der Waals surface area contributed by atoms with E-state index in [4.69, 9.17) is 14.6 Å². The second-order valence-electron chi connectivity index (χ2n) is 5.42. The molecule has 0 unspecified atom stereocenters. The van der Waals surface area contributed by atoms with E-state index in [1.807, 2.05) is 0 Å². The first-order valence-electron chi connectivity index (χ1n) is 7.10. The zero-order chi connectivity index (χ0) is 16.6. The van der Waals surface area contributed by atoms with Crippen LogP contribution < -0.4 is 10.3 Å². The fourth-order valence-electron chi connectivity index (χ4n) is 2.53. The number of hydrogen-bond acceptors (Lipinski definition) is 5. The summed E-state index contributed by atoms with van der Waals surface area (Å²) in [6, 6.07) is 5.06. The predicted octanol–water partition coefficient (Wildman–Crippen LogP) is 2.15. The van der Waals surface area contributed by atoms with E-state index in [9.17, 15) is 9.59 Å². The number of benzene rings is 1. The molecule has 0 amide bonds. The molecule has 1 N–H and O–H groups in total. The highest BCUT2D eigenvalue weighted by atomic mass is 79.9. The largest absolute Gasteiger partial charge is 0.480 e. The van der Waals surface area contributed by atoms with E-state index in [1.165, 1.54) is 0 Å². The minimum atomic E-state index is -1.15. The van der Waals surface area contributed by atoms with Gasteiger partial charge in [-0.3, -0.25) is 9.59 Å². The Morgan fingerprint density at radius 2 is 2.17 bits per heavy atom. The van der Waals surface area contributed by atoms with E-state index in [1.54, 1.807) is 25.3 Å². The minimum Gasteiger partial charge on any atom is -0.480 e. The van der Waals surface area contributed by atoms with Crippen molar-refractivity contribution in [2.24, 2.45) is 0 Å². The summed E-state index contributed by atoms with van der Waals surface area (Å²) < 4.78 is 13.0. The second-order valence-corrected chi connectivity index (χ2v) is 6.34. The molecule has 0 saturated heterocycles. The van der Waals surface area contributed by atoms with Crippen LogP contribution in [0.4, 0.5) is 0 Å². The molecule has 0 atom stereocenters. The van der Waals surface area contributed by atoms with Gasteiger partial charge in [0.15, 0.2) is 0 Å². The van der Waals surface area contributed by atoms with Crippen molar-refractivity contribution in [3.8, 4) is 5.88 Å². The van der Waals surface area contributed by atoms with Gasteiger partial charge < -0.3 is 14.6 Å². The molecule has 3 rings (SSSR count). The van der Waals surface area contributed by atoms with E-state index in [-0.39, 0.29) is 5.88 Å². The third kappa shape index (κ3) is 2.96. The van der Waals surface area contributed by atoms with E-state index in [2.05, 4.69) is 21.0 Å². The number of aromatic nitrogens is 2. The molecule has 1 aromatic carbocycles. The normalized spacial score (nSPS) is 16.1. The zero-order valence-electron chi connectivity index (χ0n) is 12.4. The average Bonchev–Trinajstić information content (AvgIpc) is 2.46. The van der Waals surface area contributed by atoms with Crippen molar-refractivity contribution in [2.45, 2.75) is 31.6 Å². The highest BCUT2D eigenvalue weighted by molar-refractivity contribution is 9.10. The summed E-state index contributed by atoms with van der Waals surface area (Å²) in [5.41, 5.74) is -0.470. The molecule has 1 saturated carbocycles. The molecule has 7 nitrogen and oxygen atoms in total. The van der Waals surface area contributed by atoms with E-state index < -0.39 is 23.9 Å². The highest BCUT2D eigenvalue weighted by Crippen LogP contribution is 2.38. The first kappa shape index (κ1) is 15.9. The Hall–Kier alpha value is -1.93. The first-order valence-corrected chi connectivity index (χ1v) is 7.90. The standard InChI is InChI=1S/C15H15BrN2O5/c1-22-15(5-2-6-15)23-13-11-7-9(16)3-4-10(11)14(21)18(17-13)8-12(19)20/h3-4,7H,2,5-6,8H2,1H3,(H,19,20). The van der Waals surface area contributed by atoms with Crippen LogP contribution in [0.25, 0.3) is 10.8 Å². The van der Waals surface area contributed by atoms with Crippen LogP contribution in [0.1, 0.15) is 19.3 Å². The van der Waals surface area contributed by atoms with Crippen LogP contribution in [-0.2, 0) is 16.1 Å². The van der Waals surface area contributed by atoms with Crippen molar-refractivity contribution in [1.82, 2.24) is 9.78 Å². The van der Waals surface area contributed by atoms with Gasteiger partial charge in [0.05, 0.1) is 10.8 Å². The predicted molar refractivity (Wildman–Crippen MR) is 85.6 cm³/mol. The van der Waals surface area contributed by atoms with Gasteiger partial charge in [0.25, 0.3) is 5.56 Å². The summed E-state index contributed by atoms with van der Waals surface area (Å²) in [6.07, 6.45) is 2.42. The molecule has 1 aliphatic rings. The smallest absolute Gasteiger partial charge is 0.325 e. The van der Waals surface area contributed by atoms with Crippen LogP contribution >= 0.6 is 15.9 Å². The summed E-state index contributed by atoms with van der Waals surface area (Å²) in [5.74, 6) is -1.70. The van der Waals surface area contributed by atoms with Crippen molar-refractivity contribution in [2.75, 3.05) is 7.11 Å². The molecular formula is C15H15BrN2O5. The van der Waals surface area contributed by atoms with Gasteiger partial charge in [-0.25, -0.2) is 4.68 Å². The molecule has 2 aromatic rings. The molecule has 0 spiro atoms. The number of carboxylic acids is 1. The van der Waals surface area contributed by atoms with Crippen LogP contribution in [0.3, 0.4) is 0 Å². The number of aliphatic carboxylic acids is 1. The molecule has 1 aromatic heterocycles. The number of rotatable bonds is 5. The van der Waals surface area contributed by atoms with Crippen LogP contribution in [-0.4, -0.2) is 33.8 Å². The Bertz CT molecular complexity index is 823. The Balaban J connectivity index is 2.17. The van der Waals surface area contributed by atoms with E-state index in [0.29, 0.717) is 10.8 Å². The van der Waals surface area contributed by atoms with Gasteiger partial charge in [0, 0.05) is 24.4 Å². The van der Waals surface area contributed by atoms with Gasteiger partial charge in [-0.05, 0) is 24.6 Å². The molecule has 1 fully saturated rings. The molecule has 0 radical (unpaired) electrons. The van der Waals surface area contributed by atoms with Gasteiger partial charge >= 0.3 is 5.97 Å².